The van der Waals surface area contributed by atoms with Crippen LogP contribution in [0.5, 0.6) is 0 Å². The van der Waals surface area contributed by atoms with Gasteiger partial charge in [0.25, 0.3) is 0 Å². The molecule has 4 aromatic rings. The first-order valence-corrected chi connectivity index (χ1v) is 24.3. The summed E-state index contributed by atoms with van der Waals surface area (Å²) in [5, 5.41) is 12.7. The summed E-state index contributed by atoms with van der Waals surface area (Å²) in [6.07, 6.45) is 14.3. The van der Waals surface area contributed by atoms with Crippen LogP contribution in [0, 0.1) is 12.8 Å². The smallest absolute Gasteiger partial charge is 0.242 e. The van der Waals surface area contributed by atoms with Gasteiger partial charge >= 0.3 is 0 Å². The molecule has 9 nitrogen and oxygen atoms in total. The lowest BCUT2D eigenvalue weighted by Gasteiger charge is -2.43. The van der Waals surface area contributed by atoms with Crippen molar-refractivity contribution >= 4 is 21.6 Å². The molecule has 3 N–H and O–H groups in total. The number of sulfonamides is 1. The van der Waals surface area contributed by atoms with Gasteiger partial charge in [-0.05, 0) is 80.2 Å². The fraction of sp³-hybridized carbons (Fsp3) is 0.510. The van der Waals surface area contributed by atoms with E-state index in [1.54, 1.807) is 24.3 Å². The summed E-state index contributed by atoms with van der Waals surface area (Å²) in [5.74, 6) is -0.398. The van der Waals surface area contributed by atoms with E-state index < -0.39 is 28.3 Å². The van der Waals surface area contributed by atoms with Crippen molar-refractivity contribution < 1.29 is 27.8 Å². The van der Waals surface area contributed by atoms with Crippen molar-refractivity contribution in [3.63, 3.8) is 0 Å². The van der Waals surface area contributed by atoms with Gasteiger partial charge in [0.2, 0.25) is 15.9 Å². The molecule has 0 aromatic heterocycles. The van der Waals surface area contributed by atoms with Crippen molar-refractivity contribution in [2.24, 2.45) is 5.92 Å². The maximum Gasteiger partial charge on any atom is 0.242 e. The Kier molecular flexibility index (Phi) is 19.9. The molecule has 61 heavy (non-hydrogen) atoms. The molecule has 0 spiro atoms. The highest BCUT2D eigenvalue weighted by atomic mass is 32.2. The maximum atomic E-state index is 13.9. The molecular formula is C51H71N3O6S. The summed E-state index contributed by atoms with van der Waals surface area (Å²) >= 11 is 0. The molecular weight excluding hydrogens is 783 g/mol. The molecule has 4 aromatic carbocycles. The van der Waals surface area contributed by atoms with Crippen LogP contribution >= 0.6 is 0 Å². The van der Waals surface area contributed by atoms with Gasteiger partial charge < -0.3 is 24.8 Å². The SMILES string of the molecule is CCCCCCCCN(CCCCCCCC)C[C@@H]1O[C@H](c2ccc(NC(=O)[C@@H](Cc3ccccc3)NS(=O)(=O)c3ccc(C)cc3)cc2)O[C@H](c2ccc(CO)cc2)[C@@H]1C. The number of amides is 1. The van der Waals surface area contributed by atoms with E-state index in [9.17, 15) is 18.3 Å². The molecule has 1 aliphatic rings. The molecule has 332 valence electrons. The van der Waals surface area contributed by atoms with Gasteiger partial charge in [-0.25, -0.2) is 8.42 Å². The molecule has 10 heteroatoms. The van der Waals surface area contributed by atoms with Crippen molar-refractivity contribution in [3.8, 4) is 0 Å². The number of rotatable bonds is 26. The lowest BCUT2D eigenvalue weighted by molar-refractivity contribution is -0.276. The third kappa shape index (κ3) is 15.4. The zero-order valence-electron chi connectivity index (χ0n) is 37.1. The highest BCUT2D eigenvalue weighted by Gasteiger charge is 2.39. The Labute approximate surface area is 366 Å². The molecule has 5 atom stereocenters. The fourth-order valence-corrected chi connectivity index (χ4v) is 9.27. The van der Waals surface area contributed by atoms with Crippen molar-refractivity contribution in [2.45, 2.75) is 147 Å². The molecule has 1 aliphatic heterocycles. The second kappa shape index (κ2) is 25.3. The molecule has 1 fully saturated rings. The number of aliphatic hydroxyl groups excluding tert-OH is 1. The van der Waals surface area contributed by atoms with E-state index in [0.29, 0.717) is 5.69 Å². The van der Waals surface area contributed by atoms with Crippen LogP contribution in [-0.2, 0) is 37.3 Å². The lowest BCUT2D eigenvalue weighted by atomic mass is 9.90. The molecule has 0 radical (unpaired) electrons. The van der Waals surface area contributed by atoms with Crippen LogP contribution in [0.2, 0.25) is 0 Å². The first kappa shape index (κ1) is 48.1. The van der Waals surface area contributed by atoms with Crippen molar-refractivity contribution in [1.29, 1.82) is 0 Å². The van der Waals surface area contributed by atoms with Crippen LogP contribution in [0.1, 0.15) is 138 Å². The normalized spacial score (nSPS) is 18.6. The molecule has 0 bridgehead atoms. The van der Waals surface area contributed by atoms with Crippen LogP contribution in [0.4, 0.5) is 5.69 Å². The molecule has 0 unspecified atom stereocenters. The minimum atomic E-state index is -3.99. The Morgan fingerprint density at radius 3 is 1.87 bits per heavy atom. The minimum absolute atomic E-state index is 0.0178. The number of benzene rings is 4. The number of aliphatic hydroxyl groups is 1. The van der Waals surface area contributed by atoms with E-state index in [1.165, 1.54) is 77.0 Å². The summed E-state index contributed by atoms with van der Waals surface area (Å²) in [5.41, 5.74) is 5.03. The van der Waals surface area contributed by atoms with Gasteiger partial charge in [0, 0.05) is 23.7 Å². The van der Waals surface area contributed by atoms with Gasteiger partial charge in [-0.15, -0.1) is 0 Å². The largest absolute Gasteiger partial charge is 0.392 e. The topological polar surface area (TPSA) is 117 Å². The summed E-state index contributed by atoms with van der Waals surface area (Å²) in [6.45, 7) is 11.5. The number of carbonyl (C=O) groups is 1. The van der Waals surface area contributed by atoms with Crippen LogP contribution in [-0.4, -0.2) is 56.1 Å². The Bertz CT molecular complexity index is 1940. The minimum Gasteiger partial charge on any atom is -0.392 e. The van der Waals surface area contributed by atoms with Gasteiger partial charge in [0.1, 0.15) is 6.04 Å². The van der Waals surface area contributed by atoms with Gasteiger partial charge in [0.05, 0.1) is 23.7 Å². The number of carbonyl (C=O) groups excluding carboxylic acids is 1. The third-order valence-corrected chi connectivity index (χ3v) is 13.4. The van der Waals surface area contributed by atoms with Gasteiger partial charge in [-0.2, -0.15) is 4.72 Å². The highest BCUT2D eigenvalue weighted by molar-refractivity contribution is 7.89. The second-order valence-corrected chi connectivity index (χ2v) is 18.7. The third-order valence-electron chi connectivity index (χ3n) is 11.9. The van der Waals surface area contributed by atoms with E-state index >= 15 is 0 Å². The zero-order valence-corrected chi connectivity index (χ0v) is 37.9. The summed E-state index contributed by atoms with van der Waals surface area (Å²) in [7, 11) is -3.99. The number of nitrogens with zero attached hydrogens (tertiary/aromatic N) is 1. The first-order valence-electron chi connectivity index (χ1n) is 22.9. The number of nitrogens with one attached hydrogen (secondary N) is 2. The van der Waals surface area contributed by atoms with Crippen molar-refractivity contribution in [2.75, 3.05) is 25.0 Å². The molecule has 5 rings (SSSR count). The lowest BCUT2D eigenvalue weighted by Crippen LogP contribution is -2.45. The molecule has 1 saturated heterocycles. The quantitative estimate of drug-likeness (QED) is 0.0539. The Morgan fingerprint density at radius 2 is 1.28 bits per heavy atom. The van der Waals surface area contributed by atoms with Crippen molar-refractivity contribution in [3.05, 3.63) is 131 Å². The summed E-state index contributed by atoms with van der Waals surface area (Å²) in [6, 6.07) is 30.4. The standard InChI is InChI=1S/C51H71N3O6S/c1-5-7-9-11-13-18-34-54(35-19-14-12-10-8-6-2)37-48-40(4)49(43-26-24-42(38-55)25-27-43)60-51(59-48)44-28-30-45(31-29-44)52-50(56)47(36-41-20-16-15-17-21-41)53-61(57,58)46-32-22-39(3)23-33-46/h15-17,20-33,40,47-49,51,53,55H,5-14,18-19,34-38H2,1-4H3,(H,52,56)/t40-,47-,48+,49+,51+/m1/s1. The van der Waals surface area contributed by atoms with E-state index in [4.69, 9.17) is 9.47 Å². The average molecular weight is 854 g/mol. The Hall–Kier alpha value is -3.90. The van der Waals surface area contributed by atoms with E-state index in [2.05, 4.69) is 35.7 Å². The number of ether oxygens (including phenoxy) is 2. The maximum absolute atomic E-state index is 13.9. The molecule has 0 saturated carbocycles. The van der Waals surface area contributed by atoms with Gasteiger partial charge in [-0.1, -0.05) is 169 Å². The van der Waals surface area contributed by atoms with Crippen LogP contribution in [0.25, 0.3) is 0 Å². The van der Waals surface area contributed by atoms with Crippen LogP contribution in [0.15, 0.2) is 108 Å². The number of hydrogen-bond donors (Lipinski definition) is 3. The highest BCUT2D eigenvalue weighted by Crippen LogP contribution is 2.42. The predicted molar refractivity (Wildman–Crippen MR) is 247 cm³/mol. The summed E-state index contributed by atoms with van der Waals surface area (Å²) in [4.78, 5) is 16.6. The van der Waals surface area contributed by atoms with Crippen LogP contribution < -0.4 is 10.0 Å². The zero-order chi connectivity index (χ0) is 43.5. The predicted octanol–water partition coefficient (Wildman–Crippen LogP) is 10.8. The fourth-order valence-electron chi connectivity index (χ4n) is 8.07. The number of aryl methyl sites for hydroxylation is 1. The monoisotopic (exact) mass is 854 g/mol. The Morgan fingerprint density at radius 1 is 0.705 bits per heavy atom. The second-order valence-electron chi connectivity index (χ2n) is 16.9. The summed E-state index contributed by atoms with van der Waals surface area (Å²) < 4.78 is 43.3. The van der Waals surface area contributed by atoms with Gasteiger partial charge in [0.15, 0.2) is 6.29 Å². The van der Waals surface area contributed by atoms with E-state index in [0.717, 1.165) is 47.5 Å². The van der Waals surface area contributed by atoms with E-state index in [1.807, 2.05) is 85.8 Å². The van der Waals surface area contributed by atoms with E-state index in [-0.39, 0.29) is 36.0 Å². The Balaban J connectivity index is 1.33. The molecule has 0 aliphatic carbocycles. The molecule has 1 heterocycles. The van der Waals surface area contributed by atoms with Gasteiger partial charge in [-0.3, -0.25) is 4.79 Å². The number of anilines is 1. The average Bonchev–Trinajstić information content (AvgIpc) is 3.27. The first-order chi connectivity index (χ1) is 29.6. The number of unbranched alkanes of at least 4 members (excludes halogenated alkanes) is 10. The van der Waals surface area contributed by atoms with Crippen molar-refractivity contribution in [1.82, 2.24) is 9.62 Å². The molecule has 1 amide bonds. The number of hydrogen-bond acceptors (Lipinski definition) is 7. The van der Waals surface area contributed by atoms with Crippen LogP contribution in [0.3, 0.4) is 0 Å².